The van der Waals surface area contributed by atoms with E-state index in [4.69, 9.17) is 0 Å². The van der Waals surface area contributed by atoms with Gasteiger partial charge in [-0.1, -0.05) is 6.07 Å². The summed E-state index contributed by atoms with van der Waals surface area (Å²) in [6.45, 7) is 1.86. The van der Waals surface area contributed by atoms with E-state index in [9.17, 15) is 13.6 Å². The second kappa shape index (κ2) is 4.56. The molecule has 3 rings (SSSR count). The molecule has 0 spiro atoms. The lowest BCUT2D eigenvalue weighted by atomic mass is 9.94. The number of hydrogen-bond acceptors (Lipinski definition) is 2. The van der Waals surface area contributed by atoms with E-state index in [1.807, 2.05) is 0 Å². The fraction of sp³-hybridized carbons (Fsp3) is 0.500. The van der Waals surface area contributed by atoms with Gasteiger partial charge in [-0.05, 0) is 24.5 Å². The van der Waals surface area contributed by atoms with Gasteiger partial charge in [-0.2, -0.15) is 0 Å². The third-order valence-electron chi connectivity index (χ3n) is 4.11. The zero-order valence-electron chi connectivity index (χ0n) is 10.5. The maximum atomic E-state index is 13.8. The molecular weight excluding hydrogens is 250 g/mol. The van der Waals surface area contributed by atoms with E-state index in [0.717, 1.165) is 18.9 Å². The van der Waals surface area contributed by atoms with Crippen LogP contribution in [0, 0.1) is 17.6 Å². The number of rotatable bonds is 4. The summed E-state index contributed by atoms with van der Waals surface area (Å²) in [5, 5.41) is 5.93. The predicted octanol–water partition coefficient (Wildman–Crippen LogP) is 1.33. The first-order chi connectivity index (χ1) is 9.11. The molecule has 2 fully saturated rings. The monoisotopic (exact) mass is 266 g/mol. The van der Waals surface area contributed by atoms with Crippen molar-refractivity contribution in [1.29, 1.82) is 0 Å². The summed E-state index contributed by atoms with van der Waals surface area (Å²) < 4.78 is 26.7. The molecule has 5 heteroatoms. The molecule has 0 bridgehead atoms. The van der Waals surface area contributed by atoms with Crippen molar-refractivity contribution in [3.05, 3.63) is 35.4 Å². The van der Waals surface area contributed by atoms with Crippen LogP contribution in [0.25, 0.3) is 0 Å². The average molecular weight is 266 g/mol. The minimum atomic E-state index is -0.568. The van der Waals surface area contributed by atoms with E-state index in [2.05, 4.69) is 10.6 Å². The van der Waals surface area contributed by atoms with Gasteiger partial charge < -0.3 is 10.6 Å². The molecule has 1 saturated carbocycles. The van der Waals surface area contributed by atoms with Crippen molar-refractivity contribution in [2.24, 2.45) is 5.92 Å². The van der Waals surface area contributed by atoms with Crippen molar-refractivity contribution in [3.8, 4) is 0 Å². The van der Waals surface area contributed by atoms with Crippen molar-refractivity contribution >= 4 is 5.91 Å². The van der Waals surface area contributed by atoms with Crippen LogP contribution >= 0.6 is 0 Å². The summed E-state index contributed by atoms with van der Waals surface area (Å²) in [5.74, 6) is -1.03. The molecule has 1 saturated heterocycles. The highest BCUT2D eigenvalue weighted by Crippen LogP contribution is 2.48. The minimum absolute atomic E-state index is 0.0209. The highest BCUT2D eigenvalue weighted by molar-refractivity contribution is 5.80. The lowest BCUT2D eigenvalue weighted by Crippen LogP contribution is -2.51. The van der Waals surface area contributed by atoms with Gasteiger partial charge in [-0.15, -0.1) is 0 Å². The zero-order chi connectivity index (χ0) is 13.5. The topological polar surface area (TPSA) is 41.1 Å². The predicted molar refractivity (Wildman–Crippen MR) is 66.6 cm³/mol. The molecule has 102 valence electrons. The van der Waals surface area contributed by atoms with Crippen molar-refractivity contribution in [3.63, 3.8) is 0 Å². The van der Waals surface area contributed by atoms with Gasteiger partial charge in [0.2, 0.25) is 5.91 Å². The molecule has 0 unspecified atom stereocenters. The van der Waals surface area contributed by atoms with Gasteiger partial charge in [0.15, 0.2) is 0 Å². The third kappa shape index (κ3) is 2.34. The van der Waals surface area contributed by atoms with Gasteiger partial charge in [-0.3, -0.25) is 4.79 Å². The van der Waals surface area contributed by atoms with E-state index in [1.165, 1.54) is 12.1 Å². The van der Waals surface area contributed by atoms with Crippen molar-refractivity contribution in [1.82, 2.24) is 10.6 Å². The Hall–Kier alpha value is -1.49. The second-order valence-electron chi connectivity index (χ2n) is 5.48. The van der Waals surface area contributed by atoms with Crippen LogP contribution in [0.4, 0.5) is 8.78 Å². The first-order valence-electron chi connectivity index (χ1n) is 6.55. The number of benzene rings is 1. The Kier molecular flexibility index (Phi) is 3.01. The third-order valence-corrected chi connectivity index (χ3v) is 4.11. The maximum Gasteiger partial charge on any atom is 0.225 e. The molecular formula is C14H16F2N2O. The average Bonchev–Trinajstić information content (AvgIpc) is 3.05. The molecule has 1 aliphatic heterocycles. The summed E-state index contributed by atoms with van der Waals surface area (Å²) in [6.07, 6.45) is 1.66. The Labute approximate surface area is 110 Å². The first-order valence-corrected chi connectivity index (χ1v) is 6.55. The van der Waals surface area contributed by atoms with Crippen molar-refractivity contribution in [2.75, 3.05) is 19.6 Å². The van der Waals surface area contributed by atoms with Crippen molar-refractivity contribution < 1.29 is 13.6 Å². The standard InChI is InChI=1S/C14H16F2N2O/c15-10-1-2-11(12(16)5-10)14(3-4-14)8-18-13(19)9-6-17-7-9/h1-2,5,9,17H,3-4,6-8H2,(H,18,19). The van der Waals surface area contributed by atoms with Gasteiger partial charge in [0.05, 0.1) is 5.92 Å². The number of halogens is 2. The molecule has 3 nitrogen and oxygen atoms in total. The minimum Gasteiger partial charge on any atom is -0.355 e. The number of carbonyl (C=O) groups is 1. The van der Waals surface area contributed by atoms with E-state index >= 15 is 0 Å². The van der Waals surface area contributed by atoms with Gasteiger partial charge >= 0.3 is 0 Å². The fourth-order valence-electron chi connectivity index (χ4n) is 2.49. The quantitative estimate of drug-likeness (QED) is 0.863. The summed E-state index contributed by atoms with van der Waals surface area (Å²) in [7, 11) is 0. The van der Waals surface area contributed by atoms with Crippen molar-refractivity contribution in [2.45, 2.75) is 18.3 Å². The number of nitrogens with one attached hydrogen (secondary N) is 2. The number of carbonyl (C=O) groups excluding carboxylic acids is 1. The van der Waals surface area contributed by atoms with E-state index in [-0.39, 0.29) is 17.2 Å². The normalized spacial score (nSPS) is 20.7. The highest BCUT2D eigenvalue weighted by atomic mass is 19.1. The van der Waals surface area contributed by atoms with Crippen LogP contribution in [0.3, 0.4) is 0 Å². The first kappa shape index (κ1) is 12.5. The summed E-state index contributed by atoms with van der Waals surface area (Å²) in [6, 6.07) is 3.68. The van der Waals surface area contributed by atoms with E-state index in [0.29, 0.717) is 25.2 Å². The second-order valence-corrected chi connectivity index (χ2v) is 5.48. The van der Waals surface area contributed by atoms with Gasteiger partial charge in [0.1, 0.15) is 11.6 Å². The molecule has 0 aromatic heterocycles. The molecule has 1 heterocycles. The Balaban J connectivity index is 1.67. The Bertz CT molecular complexity index is 510. The van der Waals surface area contributed by atoms with Crippen LogP contribution in [0.2, 0.25) is 0 Å². The molecule has 0 atom stereocenters. The Morgan fingerprint density at radius 3 is 2.63 bits per heavy atom. The largest absolute Gasteiger partial charge is 0.355 e. The summed E-state index contributed by atoms with van der Waals surface area (Å²) in [4.78, 5) is 11.8. The van der Waals surface area contributed by atoms with Crippen LogP contribution in [0.15, 0.2) is 18.2 Å². The molecule has 19 heavy (non-hydrogen) atoms. The van der Waals surface area contributed by atoms with Gasteiger partial charge in [0.25, 0.3) is 0 Å². The van der Waals surface area contributed by atoms with Crippen LogP contribution in [0.5, 0.6) is 0 Å². The fourth-order valence-corrected chi connectivity index (χ4v) is 2.49. The van der Waals surface area contributed by atoms with E-state index in [1.54, 1.807) is 0 Å². The number of hydrogen-bond donors (Lipinski definition) is 2. The lowest BCUT2D eigenvalue weighted by Gasteiger charge is -2.27. The zero-order valence-corrected chi connectivity index (χ0v) is 10.5. The molecule has 0 radical (unpaired) electrons. The SMILES string of the molecule is O=C(NCC1(c2ccc(F)cc2F)CC1)C1CNC1. The van der Waals surface area contributed by atoms with Gasteiger partial charge in [-0.25, -0.2) is 8.78 Å². The number of amides is 1. The molecule has 1 aromatic rings. The smallest absolute Gasteiger partial charge is 0.225 e. The van der Waals surface area contributed by atoms with Crippen LogP contribution in [-0.4, -0.2) is 25.5 Å². The Morgan fingerprint density at radius 1 is 1.37 bits per heavy atom. The molecule has 1 aromatic carbocycles. The maximum absolute atomic E-state index is 13.8. The highest BCUT2D eigenvalue weighted by Gasteiger charge is 2.46. The van der Waals surface area contributed by atoms with Crippen LogP contribution < -0.4 is 10.6 Å². The van der Waals surface area contributed by atoms with Crippen LogP contribution in [0.1, 0.15) is 18.4 Å². The molecule has 2 N–H and O–H groups in total. The molecule has 1 amide bonds. The molecule has 2 aliphatic rings. The summed E-state index contributed by atoms with van der Waals surface area (Å²) in [5.41, 5.74) is 0.186. The van der Waals surface area contributed by atoms with E-state index < -0.39 is 11.6 Å². The molecule has 1 aliphatic carbocycles. The van der Waals surface area contributed by atoms with Gasteiger partial charge in [0, 0.05) is 31.1 Å². The van der Waals surface area contributed by atoms with Crippen LogP contribution in [-0.2, 0) is 10.2 Å². The Morgan fingerprint density at radius 2 is 2.11 bits per heavy atom. The summed E-state index contributed by atoms with van der Waals surface area (Å²) >= 11 is 0. The lowest BCUT2D eigenvalue weighted by molar-refractivity contribution is -0.126.